The summed E-state index contributed by atoms with van der Waals surface area (Å²) in [6.07, 6.45) is 1.97. The summed E-state index contributed by atoms with van der Waals surface area (Å²) in [6.45, 7) is 7.38. The number of esters is 1. The van der Waals surface area contributed by atoms with Crippen LogP contribution in [-0.2, 0) is 14.9 Å². The van der Waals surface area contributed by atoms with Crippen LogP contribution in [0.1, 0.15) is 61.7 Å². The first-order chi connectivity index (χ1) is 8.93. The molecule has 106 valence electrons. The highest BCUT2D eigenvalue weighted by Crippen LogP contribution is 2.31. The molecule has 1 aliphatic rings. The van der Waals surface area contributed by atoms with Crippen LogP contribution in [0, 0.1) is 0 Å². The molecule has 1 aromatic heterocycles. The van der Waals surface area contributed by atoms with Crippen LogP contribution >= 0.6 is 0 Å². The van der Waals surface area contributed by atoms with Crippen molar-refractivity contribution >= 4 is 5.97 Å². The first kappa shape index (κ1) is 14.1. The lowest BCUT2D eigenvalue weighted by atomic mass is 9.91. The van der Waals surface area contributed by atoms with Gasteiger partial charge in [0.25, 0.3) is 0 Å². The fourth-order valence-electron chi connectivity index (χ4n) is 2.19. The fourth-order valence-corrected chi connectivity index (χ4v) is 2.19. The molecule has 5 heteroatoms. The molecule has 1 aromatic rings. The maximum absolute atomic E-state index is 11.8. The van der Waals surface area contributed by atoms with Crippen molar-refractivity contribution < 1.29 is 18.7 Å². The van der Waals surface area contributed by atoms with Gasteiger partial charge in [-0.05, 0) is 12.8 Å². The summed E-state index contributed by atoms with van der Waals surface area (Å²) in [5.41, 5.74) is 0.390. The van der Waals surface area contributed by atoms with Crippen molar-refractivity contribution in [2.24, 2.45) is 0 Å². The number of hydrogen-bond donors (Lipinski definition) is 0. The molecule has 0 amide bonds. The summed E-state index contributed by atoms with van der Waals surface area (Å²) in [7, 11) is 1.35. The Balaban J connectivity index is 2.36. The number of nitrogens with zero attached hydrogens (tertiary/aromatic N) is 1. The van der Waals surface area contributed by atoms with Crippen LogP contribution in [0.5, 0.6) is 0 Å². The Morgan fingerprint density at radius 3 is 2.68 bits per heavy atom. The molecule has 0 saturated carbocycles. The Kier molecular flexibility index (Phi) is 3.94. The molecule has 0 N–H and O–H groups in total. The van der Waals surface area contributed by atoms with E-state index in [9.17, 15) is 4.79 Å². The van der Waals surface area contributed by atoms with Crippen LogP contribution < -0.4 is 0 Å². The second-order valence-corrected chi connectivity index (χ2v) is 5.89. The molecule has 19 heavy (non-hydrogen) atoms. The summed E-state index contributed by atoms with van der Waals surface area (Å²) in [5.74, 6) is 0.467. The Hall–Kier alpha value is -1.36. The molecule has 0 aliphatic carbocycles. The second kappa shape index (κ2) is 5.33. The topological polar surface area (TPSA) is 61.6 Å². The predicted octanol–water partition coefficient (Wildman–Crippen LogP) is 2.65. The Morgan fingerprint density at radius 2 is 2.16 bits per heavy atom. The predicted molar refractivity (Wildman–Crippen MR) is 69.3 cm³/mol. The van der Waals surface area contributed by atoms with Gasteiger partial charge in [-0.3, -0.25) is 0 Å². The molecule has 1 atom stereocenters. The minimum Gasteiger partial charge on any atom is -0.463 e. The minimum absolute atomic E-state index is 0.133. The summed E-state index contributed by atoms with van der Waals surface area (Å²) < 4.78 is 15.9. The number of hydrogen-bond acceptors (Lipinski definition) is 5. The van der Waals surface area contributed by atoms with Crippen LogP contribution in [0.3, 0.4) is 0 Å². The number of carbonyl (C=O) groups is 1. The van der Waals surface area contributed by atoms with E-state index in [1.165, 1.54) is 7.11 Å². The molecular formula is C14H21NO4. The number of carbonyl (C=O) groups excluding carboxylic acids is 1. The van der Waals surface area contributed by atoms with Gasteiger partial charge in [0.2, 0.25) is 11.7 Å². The molecule has 0 radical (unpaired) electrons. The monoisotopic (exact) mass is 267 g/mol. The van der Waals surface area contributed by atoms with Gasteiger partial charge in [-0.1, -0.05) is 20.8 Å². The zero-order chi connectivity index (χ0) is 14.0. The van der Waals surface area contributed by atoms with Gasteiger partial charge in [0.15, 0.2) is 0 Å². The molecule has 0 spiro atoms. The quantitative estimate of drug-likeness (QED) is 0.771. The van der Waals surface area contributed by atoms with Crippen LogP contribution in [0.15, 0.2) is 4.42 Å². The van der Waals surface area contributed by atoms with Crippen LogP contribution in [-0.4, -0.2) is 31.3 Å². The number of oxazole rings is 1. The Labute approximate surface area is 113 Å². The lowest BCUT2D eigenvalue weighted by Crippen LogP contribution is -2.18. The van der Waals surface area contributed by atoms with E-state index in [2.05, 4.69) is 4.98 Å². The molecule has 1 fully saturated rings. The number of ether oxygens (including phenoxy) is 2. The standard InChI is InChI=1S/C14H21NO4/c1-14(2,3)11-10(13(16)17-4)19-12(15-11)9-6-5-7-18-8-9/h9H,5-8H2,1-4H3. The van der Waals surface area contributed by atoms with Crippen LogP contribution in [0.25, 0.3) is 0 Å². The summed E-state index contributed by atoms with van der Waals surface area (Å²) in [6, 6.07) is 0. The maximum Gasteiger partial charge on any atom is 0.376 e. The molecule has 5 nitrogen and oxygen atoms in total. The van der Waals surface area contributed by atoms with Crippen molar-refractivity contribution in [3.63, 3.8) is 0 Å². The van der Waals surface area contributed by atoms with Gasteiger partial charge in [-0.15, -0.1) is 0 Å². The van der Waals surface area contributed by atoms with E-state index >= 15 is 0 Å². The highest BCUT2D eigenvalue weighted by atomic mass is 16.5. The third-order valence-corrected chi connectivity index (χ3v) is 3.23. The maximum atomic E-state index is 11.8. The van der Waals surface area contributed by atoms with E-state index in [1.54, 1.807) is 0 Å². The summed E-state index contributed by atoms with van der Waals surface area (Å²) >= 11 is 0. The van der Waals surface area contributed by atoms with Crippen molar-refractivity contribution in [1.82, 2.24) is 4.98 Å². The van der Waals surface area contributed by atoms with Gasteiger partial charge in [0, 0.05) is 12.0 Å². The number of rotatable bonds is 2. The van der Waals surface area contributed by atoms with Gasteiger partial charge in [0.1, 0.15) is 0 Å². The van der Waals surface area contributed by atoms with Crippen LogP contribution in [0.4, 0.5) is 0 Å². The van der Waals surface area contributed by atoms with Crippen molar-refractivity contribution in [3.05, 3.63) is 17.3 Å². The largest absolute Gasteiger partial charge is 0.463 e. The SMILES string of the molecule is COC(=O)c1oc(C2CCCOC2)nc1C(C)(C)C. The second-order valence-electron chi connectivity index (χ2n) is 5.89. The van der Waals surface area contributed by atoms with E-state index in [0.717, 1.165) is 19.4 Å². The molecule has 0 aromatic carbocycles. The van der Waals surface area contributed by atoms with Gasteiger partial charge in [-0.25, -0.2) is 9.78 Å². The molecule has 0 bridgehead atoms. The normalized spacial score (nSPS) is 20.3. The first-order valence-corrected chi connectivity index (χ1v) is 6.60. The highest BCUT2D eigenvalue weighted by molar-refractivity contribution is 5.87. The first-order valence-electron chi connectivity index (χ1n) is 6.60. The Morgan fingerprint density at radius 1 is 1.42 bits per heavy atom. The average molecular weight is 267 g/mol. The zero-order valence-electron chi connectivity index (χ0n) is 12.0. The smallest absolute Gasteiger partial charge is 0.376 e. The lowest BCUT2D eigenvalue weighted by Gasteiger charge is -2.19. The number of aromatic nitrogens is 1. The van der Waals surface area contributed by atoms with Crippen molar-refractivity contribution in [2.45, 2.75) is 44.9 Å². The summed E-state index contributed by atoms with van der Waals surface area (Å²) in [5, 5.41) is 0. The van der Waals surface area contributed by atoms with Crippen molar-refractivity contribution in [2.75, 3.05) is 20.3 Å². The minimum atomic E-state index is -0.472. The molecule has 1 unspecified atom stereocenters. The Bertz CT molecular complexity index is 453. The molecular weight excluding hydrogens is 246 g/mol. The van der Waals surface area contributed by atoms with E-state index in [4.69, 9.17) is 13.9 Å². The van der Waals surface area contributed by atoms with Crippen LogP contribution in [0.2, 0.25) is 0 Å². The van der Waals surface area contributed by atoms with E-state index in [-0.39, 0.29) is 17.1 Å². The van der Waals surface area contributed by atoms with Gasteiger partial charge in [0.05, 0.1) is 25.3 Å². The van der Waals surface area contributed by atoms with Gasteiger partial charge >= 0.3 is 5.97 Å². The van der Waals surface area contributed by atoms with Crippen molar-refractivity contribution in [1.29, 1.82) is 0 Å². The molecule has 1 aliphatic heterocycles. The summed E-state index contributed by atoms with van der Waals surface area (Å²) in [4.78, 5) is 16.3. The van der Waals surface area contributed by atoms with E-state index < -0.39 is 5.97 Å². The number of methoxy groups -OCH3 is 1. The molecule has 2 rings (SSSR count). The molecule has 1 saturated heterocycles. The third-order valence-electron chi connectivity index (χ3n) is 3.23. The zero-order valence-corrected chi connectivity index (χ0v) is 12.0. The third kappa shape index (κ3) is 2.97. The highest BCUT2D eigenvalue weighted by Gasteiger charge is 2.32. The van der Waals surface area contributed by atoms with Crippen molar-refractivity contribution in [3.8, 4) is 0 Å². The van der Waals surface area contributed by atoms with Gasteiger partial charge in [-0.2, -0.15) is 0 Å². The molecule has 2 heterocycles. The fraction of sp³-hybridized carbons (Fsp3) is 0.714. The average Bonchev–Trinajstić information content (AvgIpc) is 2.84. The lowest BCUT2D eigenvalue weighted by molar-refractivity contribution is 0.0541. The van der Waals surface area contributed by atoms with E-state index in [0.29, 0.717) is 18.2 Å². The van der Waals surface area contributed by atoms with Gasteiger partial charge < -0.3 is 13.9 Å². The van der Waals surface area contributed by atoms with E-state index in [1.807, 2.05) is 20.8 Å².